The Bertz CT molecular complexity index is 598. The van der Waals surface area contributed by atoms with Gasteiger partial charge in [0.05, 0.1) is 6.54 Å². The molecule has 0 spiro atoms. The molecule has 0 bridgehead atoms. The summed E-state index contributed by atoms with van der Waals surface area (Å²) < 4.78 is 12.8. The van der Waals surface area contributed by atoms with E-state index in [4.69, 9.17) is 9.47 Å². The summed E-state index contributed by atoms with van der Waals surface area (Å²) in [5.41, 5.74) is 1.46. The van der Waals surface area contributed by atoms with Crippen LogP contribution in [0.2, 0.25) is 0 Å². The molecule has 1 saturated heterocycles. The lowest BCUT2D eigenvalue weighted by Crippen LogP contribution is -2.45. The molecule has 1 fully saturated rings. The smallest absolute Gasteiger partial charge is 0.420 e. The summed E-state index contributed by atoms with van der Waals surface area (Å²) in [4.78, 5) is 26.0. The first-order chi connectivity index (χ1) is 11.7. The van der Waals surface area contributed by atoms with Crippen molar-refractivity contribution < 1.29 is 19.1 Å². The van der Waals surface area contributed by atoms with E-state index in [1.165, 1.54) is 0 Å². The minimum Gasteiger partial charge on any atom is -0.443 e. The Morgan fingerprint density at radius 1 is 1.28 bits per heavy atom. The molecular formula is C17H27N3O4S. The minimum absolute atomic E-state index is 0.184. The van der Waals surface area contributed by atoms with Crippen molar-refractivity contribution in [1.29, 1.82) is 0 Å². The van der Waals surface area contributed by atoms with Crippen LogP contribution in [-0.4, -0.2) is 51.7 Å². The molecule has 0 aromatic carbocycles. The van der Waals surface area contributed by atoms with Crippen molar-refractivity contribution in [2.24, 2.45) is 0 Å². The van der Waals surface area contributed by atoms with Crippen LogP contribution in [0.3, 0.4) is 0 Å². The van der Waals surface area contributed by atoms with Crippen LogP contribution in [0.1, 0.15) is 32.2 Å². The molecule has 1 aliphatic heterocycles. The molecule has 1 atom stereocenters. The predicted octanol–water partition coefficient (Wildman–Crippen LogP) is 3.10. The van der Waals surface area contributed by atoms with E-state index >= 15 is 0 Å². The number of carbonyl (C=O) groups excluding carboxylic acids is 2. The average molecular weight is 369 g/mol. The van der Waals surface area contributed by atoms with E-state index in [9.17, 15) is 9.59 Å². The second kappa shape index (κ2) is 8.14. The van der Waals surface area contributed by atoms with E-state index in [-0.39, 0.29) is 12.8 Å². The van der Waals surface area contributed by atoms with Gasteiger partial charge in [0, 0.05) is 29.6 Å². The Morgan fingerprint density at radius 2 is 1.92 bits per heavy atom. The highest BCUT2D eigenvalue weighted by atomic mass is 32.2. The van der Waals surface area contributed by atoms with E-state index in [2.05, 4.69) is 5.32 Å². The van der Waals surface area contributed by atoms with Crippen LogP contribution in [-0.2, 0) is 16.0 Å². The van der Waals surface area contributed by atoms with Gasteiger partial charge in [0.1, 0.15) is 5.60 Å². The van der Waals surface area contributed by atoms with Gasteiger partial charge in [0.15, 0.2) is 6.23 Å². The number of aryl methyl sites for hydroxylation is 2. The van der Waals surface area contributed by atoms with E-state index in [0.29, 0.717) is 12.3 Å². The van der Waals surface area contributed by atoms with Crippen molar-refractivity contribution in [2.45, 2.75) is 53.0 Å². The zero-order valence-corrected chi connectivity index (χ0v) is 16.3. The summed E-state index contributed by atoms with van der Waals surface area (Å²) in [7, 11) is 0. The number of hydrogen-bond acceptors (Lipinski definition) is 6. The van der Waals surface area contributed by atoms with E-state index in [1.54, 1.807) is 32.5 Å². The Kier molecular flexibility index (Phi) is 6.40. The van der Waals surface area contributed by atoms with Crippen molar-refractivity contribution >= 4 is 23.9 Å². The number of nitrogens with zero attached hydrogens (tertiary/aromatic N) is 2. The SMILES string of the molecule is Cc1ccc(C)n1CCN(C(=O)OC1CSCN1)C(=O)OC(C)(C)C. The van der Waals surface area contributed by atoms with Gasteiger partial charge in [-0.05, 0) is 46.8 Å². The lowest BCUT2D eigenvalue weighted by atomic mass is 10.2. The fraction of sp³-hybridized carbons (Fsp3) is 0.647. The summed E-state index contributed by atoms with van der Waals surface area (Å²) in [5.74, 6) is 1.40. The fourth-order valence-corrected chi connectivity index (χ4v) is 3.29. The quantitative estimate of drug-likeness (QED) is 0.879. The monoisotopic (exact) mass is 369 g/mol. The van der Waals surface area contributed by atoms with Gasteiger partial charge in [0.25, 0.3) is 0 Å². The molecule has 25 heavy (non-hydrogen) atoms. The number of rotatable bonds is 4. The second-order valence-electron chi connectivity index (χ2n) is 6.99. The maximum Gasteiger partial charge on any atom is 0.420 e. The number of carbonyl (C=O) groups is 2. The third-order valence-electron chi connectivity index (χ3n) is 3.72. The molecule has 1 aliphatic rings. The molecule has 2 heterocycles. The van der Waals surface area contributed by atoms with Gasteiger partial charge >= 0.3 is 12.2 Å². The van der Waals surface area contributed by atoms with Crippen molar-refractivity contribution in [3.8, 4) is 0 Å². The van der Waals surface area contributed by atoms with Crippen LogP contribution in [0.5, 0.6) is 0 Å². The Hall–Kier alpha value is -1.67. The summed E-state index contributed by atoms with van der Waals surface area (Å²) in [5, 5.41) is 3.05. The maximum absolute atomic E-state index is 12.5. The Balaban J connectivity index is 2.07. The zero-order valence-electron chi connectivity index (χ0n) is 15.5. The third kappa shape index (κ3) is 5.67. The molecule has 2 amide bonds. The first-order valence-corrected chi connectivity index (χ1v) is 9.48. The molecule has 1 unspecified atom stereocenters. The molecule has 7 nitrogen and oxygen atoms in total. The number of amides is 2. The summed E-state index contributed by atoms with van der Waals surface area (Å²) in [6, 6.07) is 4.01. The number of nitrogens with one attached hydrogen (secondary N) is 1. The Labute approximate surface area is 153 Å². The van der Waals surface area contributed by atoms with Crippen LogP contribution in [0.15, 0.2) is 12.1 Å². The molecule has 0 aliphatic carbocycles. The number of hydrogen-bond donors (Lipinski definition) is 1. The molecule has 0 radical (unpaired) electrons. The standard InChI is InChI=1S/C17H27N3O4S/c1-12-6-7-13(2)19(12)8-9-20(16(22)24-17(3,4)5)15(21)23-14-10-25-11-18-14/h6-7,14,18H,8-11H2,1-5H3. The number of thioether (sulfide) groups is 1. The van der Waals surface area contributed by atoms with Gasteiger partial charge < -0.3 is 14.0 Å². The molecule has 8 heteroatoms. The van der Waals surface area contributed by atoms with Crippen molar-refractivity contribution in [1.82, 2.24) is 14.8 Å². The minimum atomic E-state index is -0.689. The predicted molar refractivity (Wildman–Crippen MR) is 97.6 cm³/mol. The summed E-state index contributed by atoms with van der Waals surface area (Å²) >= 11 is 1.64. The third-order valence-corrected chi connectivity index (χ3v) is 4.63. The number of aromatic nitrogens is 1. The van der Waals surface area contributed by atoms with Crippen LogP contribution < -0.4 is 5.32 Å². The van der Waals surface area contributed by atoms with Crippen molar-refractivity contribution in [2.75, 3.05) is 18.2 Å². The highest BCUT2D eigenvalue weighted by Crippen LogP contribution is 2.15. The molecule has 1 N–H and O–H groups in total. The normalized spacial score (nSPS) is 17.4. The van der Waals surface area contributed by atoms with Gasteiger partial charge in [-0.3, -0.25) is 5.32 Å². The lowest BCUT2D eigenvalue weighted by molar-refractivity contribution is 0.0141. The van der Waals surface area contributed by atoms with E-state index < -0.39 is 17.8 Å². The van der Waals surface area contributed by atoms with Gasteiger partial charge in [-0.15, -0.1) is 11.8 Å². The highest BCUT2D eigenvalue weighted by molar-refractivity contribution is 7.99. The highest BCUT2D eigenvalue weighted by Gasteiger charge is 2.31. The van der Waals surface area contributed by atoms with E-state index in [0.717, 1.165) is 22.2 Å². The van der Waals surface area contributed by atoms with Gasteiger partial charge in [-0.1, -0.05) is 0 Å². The second-order valence-corrected chi connectivity index (χ2v) is 8.02. The first-order valence-electron chi connectivity index (χ1n) is 8.32. The topological polar surface area (TPSA) is 72.8 Å². The largest absolute Gasteiger partial charge is 0.443 e. The van der Waals surface area contributed by atoms with Crippen LogP contribution >= 0.6 is 11.8 Å². The molecule has 1 aromatic rings. The van der Waals surface area contributed by atoms with Crippen molar-refractivity contribution in [3.63, 3.8) is 0 Å². The molecule has 0 saturated carbocycles. The molecule has 2 rings (SSSR count). The maximum atomic E-state index is 12.5. The first kappa shape index (κ1) is 19.7. The molecule has 1 aromatic heterocycles. The fourth-order valence-electron chi connectivity index (χ4n) is 2.46. The molecule has 140 valence electrons. The summed E-state index contributed by atoms with van der Waals surface area (Å²) in [6.45, 7) is 9.96. The van der Waals surface area contributed by atoms with Crippen LogP contribution in [0.4, 0.5) is 9.59 Å². The van der Waals surface area contributed by atoms with E-state index in [1.807, 2.05) is 30.5 Å². The van der Waals surface area contributed by atoms with Gasteiger partial charge in [0.2, 0.25) is 0 Å². The number of ether oxygens (including phenoxy) is 2. The Morgan fingerprint density at radius 3 is 2.44 bits per heavy atom. The van der Waals surface area contributed by atoms with Crippen molar-refractivity contribution in [3.05, 3.63) is 23.5 Å². The van der Waals surface area contributed by atoms with Gasteiger partial charge in [-0.2, -0.15) is 0 Å². The zero-order chi connectivity index (χ0) is 18.6. The van der Waals surface area contributed by atoms with Crippen LogP contribution in [0, 0.1) is 13.8 Å². The lowest BCUT2D eigenvalue weighted by Gasteiger charge is -2.27. The summed E-state index contributed by atoms with van der Waals surface area (Å²) in [6.07, 6.45) is -1.75. The van der Waals surface area contributed by atoms with Crippen LogP contribution in [0.25, 0.3) is 0 Å². The van der Waals surface area contributed by atoms with Gasteiger partial charge in [-0.25, -0.2) is 14.5 Å². The number of imide groups is 1. The molecular weight excluding hydrogens is 342 g/mol. The average Bonchev–Trinajstić information content (AvgIpc) is 3.09.